The Morgan fingerprint density at radius 2 is 1.66 bits per heavy atom. The van der Waals surface area contributed by atoms with Gasteiger partial charge in [0.15, 0.2) is 6.79 Å². The molecule has 1 aliphatic rings. The molecule has 1 heterocycles. The van der Waals surface area contributed by atoms with Crippen molar-refractivity contribution in [3.05, 3.63) is 75.5 Å². The minimum absolute atomic E-state index is 0.0794. The smallest absolute Gasteiger partial charge is 0.343 e. The number of ether oxygens (including phenoxy) is 2. The van der Waals surface area contributed by atoms with Crippen LogP contribution in [0.3, 0.4) is 0 Å². The van der Waals surface area contributed by atoms with Crippen molar-refractivity contribution in [1.82, 2.24) is 5.06 Å². The van der Waals surface area contributed by atoms with Gasteiger partial charge in [0.2, 0.25) is 0 Å². The lowest BCUT2D eigenvalue weighted by Gasteiger charge is -2.31. The van der Waals surface area contributed by atoms with Crippen LogP contribution >= 0.6 is 0 Å². The molecule has 0 spiro atoms. The molecule has 0 aliphatic carbocycles. The number of amides is 1. The summed E-state index contributed by atoms with van der Waals surface area (Å²) in [5.41, 5.74) is 4.39. The number of carbonyl (C=O) groups is 2. The molecule has 3 rings (SSSR count). The summed E-state index contributed by atoms with van der Waals surface area (Å²) in [6.07, 6.45) is 0. The van der Waals surface area contributed by atoms with Crippen molar-refractivity contribution in [2.75, 3.05) is 13.4 Å². The van der Waals surface area contributed by atoms with Crippen LogP contribution in [-0.4, -0.2) is 35.9 Å². The summed E-state index contributed by atoms with van der Waals surface area (Å²) in [6, 6.07) is 11.2. The van der Waals surface area contributed by atoms with Gasteiger partial charge in [0.05, 0.1) is 11.1 Å². The first kappa shape index (κ1) is 23.7. The first-order chi connectivity index (χ1) is 15.1. The number of aryl methyl sites for hydroxylation is 4. The zero-order valence-corrected chi connectivity index (χ0v) is 19.9. The van der Waals surface area contributed by atoms with Crippen molar-refractivity contribution in [1.29, 1.82) is 0 Å². The number of carbonyl (C=O) groups excluding carboxylic acids is 2. The Balaban J connectivity index is 2.13. The molecule has 32 heavy (non-hydrogen) atoms. The molecular formula is C26H31NO5. The molecule has 0 atom stereocenters. The van der Waals surface area contributed by atoms with E-state index in [0.717, 1.165) is 27.8 Å². The molecule has 2 aromatic rings. The van der Waals surface area contributed by atoms with Gasteiger partial charge in [-0.15, -0.1) is 0 Å². The van der Waals surface area contributed by atoms with Gasteiger partial charge in [0.1, 0.15) is 11.3 Å². The predicted octanol–water partition coefficient (Wildman–Crippen LogP) is 5.03. The molecule has 0 saturated heterocycles. The van der Waals surface area contributed by atoms with Gasteiger partial charge in [-0.25, -0.2) is 14.7 Å². The summed E-state index contributed by atoms with van der Waals surface area (Å²) in [7, 11) is 0. The topological polar surface area (TPSA) is 65.1 Å². The zero-order chi connectivity index (χ0) is 23.6. The van der Waals surface area contributed by atoms with Crippen LogP contribution in [0.15, 0.2) is 42.2 Å². The molecule has 0 saturated carbocycles. The molecule has 1 amide bonds. The Kier molecular flexibility index (Phi) is 6.86. The molecule has 170 valence electrons. The van der Waals surface area contributed by atoms with E-state index in [0.29, 0.717) is 17.7 Å². The number of hydrogen-bond donors (Lipinski definition) is 0. The van der Waals surface area contributed by atoms with Gasteiger partial charge in [-0.2, -0.15) is 0 Å². The Bertz CT molecular complexity index is 1060. The monoisotopic (exact) mass is 437 g/mol. The molecule has 0 N–H and O–H groups in total. The third-order valence-electron chi connectivity index (χ3n) is 5.53. The fraction of sp³-hybridized carbons (Fsp3) is 0.385. The molecule has 2 aromatic carbocycles. The van der Waals surface area contributed by atoms with Crippen molar-refractivity contribution in [2.24, 2.45) is 0 Å². The highest BCUT2D eigenvalue weighted by molar-refractivity contribution is 6.23. The van der Waals surface area contributed by atoms with Crippen LogP contribution in [0, 0.1) is 27.7 Å². The molecule has 6 nitrogen and oxygen atoms in total. The van der Waals surface area contributed by atoms with Crippen LogP contribution in [0.4, 0.5) is 0 Å². The average molecular weight is 438 g/mol. The maximum absolute atomic E-state index is 13.6. The molecular weight excluding hydrogens is 406 g/mol. The van der Waals surface area contributed by atoms with Crippen LogP contribution in [0.25, 0.3) is 5.57 Å². The second-order valence-corrected chi connectivity index (χ2v) is 8.64. The Morgan fingerprint density at radius 1 is 1.00 bits per heavy atom. The number of nitrogens with zero attached hydrogens (tertiary/aromatic N) is 1. The number of hydrogen-bond acceptors (Lipinski definition) is 5. The molecule has 1 aliphatic heterocycles. The fourth-order valence-electron chi connectivity index (χ4n) is 4.14. The standard InChI is InChI=1S/C26H31NO5/c1-8-30-15-31-27-24(28)22(21-18(4)12-17(3)13-19(21)5)23(26(27,6)7)32-25(29)20-11-9-10-16(2)14-20/h9-14H,8,15H2,1-7H3. The summed E-state index contributed by atoms with van der Waals surface area (Å²) in [5, 5.41) is 1.25. The van der Waals surface area contributed by atoms with Crippen molar-refractivity contribution < 1.29 is 23.9 Å². The fourth-order valence-corrected chi connectivity index (χ4v) is 4.14. The Hall–Kier alpha value is -2.96. The maximum atomic E-state index is 13.6. The van der Waals surface area contributed by atoms with Crippen molar-refractivity contribution >= 4 is 17.4 Å². The van der Waals surface area contributed by atoms with E-state index in [1.165, 1.54) is 5.06 Å². The molecule has 0 aromatic heterocycles. The lowest BCUT2D eigenvalue weighted by molar-refractivity contribution is -0.242. The molecule has 0 bridgehead atoms. The van der Waals surface area contributed by atoms with Gasteiger partial charge >= 0.3 is 5.97 Å². The summed E-state index contributed by atoms with van der Waals surface area (Å²) >= 11 is 0. The summed E-state index contributed by atoms with van der Waals surface area (Å²) < 4.78 is 11.2. The normalized spacial score (nSPS) is 15.5. The second kappa shape index (κ2) is 9.27. The third-order valence-corrected chi connectivity index (χ3v) is 5.53. The number of esters is 1. The highest BCUT2D eigenvalue weighted by Gasteiger charge is 2.50. The van der Waals surface area contributed by atoms with Crippen LogP contribution in [0.1, 0.15) is 58.9 Å². The van der Waals surface area contributed by atoms with Crippen molar-refractivity contribution in [3.8, 4) is 0 Å². The molecule has 0 fully saturated rings. The van der Waals surface area contributed by atoms with Gasteiger partial charge < -0.3 is 9.47 Å². The Labute approximate surface area is 189 Å². The molecule has 0 unspecified atom stereocenters. The van der Waals surface area contributed by atoms with Gasteiger partial charge in [0.25, 0.3) is 5.91 Å². The van der Waals surface area contributed by atoms with E-state index in [2.05, 4.69) is 0 Å². The first-order valence-electron chi connectivity index (χ1n) is 10.7. The van der Waals surface area contributed by atoms with Crippen LogP contribution in [0.5, 0.6) is 0 Å². The van der Waals surface area contributed by atoms with Gasteiger partial charge in [0, 0.05) is 6.61 Å². The minimum Gasteiger partial charge on any atom is -0.424 e. The predicted molar refractivity (Wildman–Crippen MR) is 123 cm³/mol. The van der Waals surface area contributed by atoms with Crippen LogP contribution in [-0.2, 0) is 19.1 Å². The SMILES string of the molecule is CCOCON1C(=O)C(c2c(C)cc(C)cc2C)=C(OC(=O)c2cccc(C)c2)C1(C)C. The van der Waals surface area contributed by atoms with E-state index < -0.39 is 11.5 Å². The number of benzene rings is 2. The van der Waals surface area contributed by atoms with Gasteiger partial charge in [-0.3, -0.25) is 4.79 Å². The number of hydroxylamine groups is 2. The Morgan fingerprint density at radius 3 is 2.25 bits per heavy atom. The van der Waals surface area contributed by atoms with Crippen LogP contribution < -0.4 is 0 Å². The van der Waals surface area contributed by atoms with Crippen molar-refractivity contribution in [2.45, 2.75) is 54.0 Å². The maximum Gasteiger partial charge on any atom is 0.343 e. The minimum atomic E-state index is -1.02. The van der Waals surface area contributed by atoms with E-state index in [-0.39, 0.29) is 18.5 Å². The molecule has 6 heteroatoms. The summed E-state index contributed by atoms with van der Waals surface area (Å²) in [5.74, 6) is -0.617. The van der Waals surface area contributed by atoms with Gasteiger partial charge in [-0.1, -0.05) is 35.4 Å². The highest BCUT2D eigenvalue weighted by atomic mass is 16.8. The van der Waals surface area contributed by atoms with E-state index in [9.17, 15) is 9.59 Å². The second-order valence-electron chi connectivity index (χ2n) is 8.64. The quantitative estimate of drug-likeness (QED) is 0.345. The largest absolute Gasteiger partial charge is 0.424 e. The van der Waals surface area contributed by atoms with E-state index in [1.54, 1.807) is 32.0 Å². The number of rotatable bonds is 7. The lowest BCUT2D eigenvalue weighted by atomic mass is 9.91. The summed E-state index contributed by atoms with van der Waals surface area (Å²) in [6.45, 7) is 13.6. The van der Waals surface area contributed by atoms with E-state index in [4.69, 9.17) is 14.3 Å². The van der Waals surface area contributed by atoms with E-state index in [1.807, 2.05) is 52.8 Å². The van der Waals surface area contributed by atoms with Crippen LogP contribution in [0.2, 0.25) is 0 Å². The molecule has 0 radical (unpaired) electrons. The van der Waals surface area contributed by atoms with Crippen molar-refractivity contribution in [3.63, 3.8) is 0 Å². The summed E-state index contributed by atoms with van der Waals surface area (Å²) in [4.78, 5) is 32.3. The third kappa shape index (κ3) is 4.47. The van der Waals surface area contributed by atoms with E-state index >= 15 is 0 Å². The average Bonchev–Trinajstić information content (AvgIpc) is 2.88. The zero-order valence-electron chi connectivity index (χ0n) is 19.9. The van der Waals surface area contributed by atoms with Gasteiger partial charge in [-0.05, 0) is 77.3 Å². The first-order valence-corrected chi connectivity index (χ1v) is 10.7. The highest BCUT2D eigenvalue weighted by Crippen LogP contribution is 2.43. The lowest BCUT2D eigenvalue weighted by Crippen LogP contribution is -2.44.